The molecule has 0 N–H and O–H groups in total. The van der Waals surface area contributed by atoms with Crippen LogP contribution in [0.5, 0.6) is 11.6 Å². The molecule has 0 radical (unpaired) electrons. The minimum atomic E-state index is -0.433. The largest absolute Gasteiger partial charge is 0.439 e. The molecule has 5 nitrogen and oxygen atoms in total. The van der Waals surface area contributed by atoms with Crippen LogP contribution in [0.1, 0.15) is 30.5 Å². The van der Waals surface area contributed by atoms with Crippen LogP contribution in [-0.2, 0) is 5.41 Å². The van der Waals surface area contributed by atoms with E-state index >= 15 is 0 Å². The van der Waals surface area contributed by atoms with Crippen molar-refractivity contribution in [3.63, 3.8) is 0 Å². The van der Waals surface area contributed by atoms with Gasteiger partial charge in [-0.3, -0.25) is 0 Å². The molecule has 0 spiro atoms. The first-order chi connectivity index (χ1) is 13.9. The number of benzene rings is 2. The zero-order chi connectivity index (χ0) is 20.4. The summed E-state index contributed by atoms with van der Waals surface area (Å²) in [5.41, 5.74) is 3.56. The lowest BCUT2D eigenvalue weighted by atomic mass is 9.78. The molecule has 0 fully saturated rings. The quantitative estimate of drug-likeness (QED) is 0.470. The number of hydrogen-bond acceptors (Lipinski definition) is 4. The van der Waals surface area contributed by atoms with Crippen molar-refractivity contribution in [1.29, 1.82) is 0 Å². The first kappa shape index (κ1) is 18.8. The molecule has 6 heteroatoms. The van der Waals surface area contributed by atoms with Crippen LogP contribution in [0.15, 0.2) is 73.3 Å². The van der Waals surface area contributed by atoms with Crippen molar-refractivity contribution in [2.24, 2.45) is 0 Å². The smallest absolute Gasteiger partial charge is 0.224 e. The lowest BCUT2D eigenvalue weighted by molar-refractivity contribution is 0.460. The Morgan fingerprint density at radius 1 is 0.931 bits per heavy atom. The average Bonchev–Trinajstić information content (AvgIpc) is 3.15. The highest BCUT2D eigenvalue weighted by atomic mass is 19.1. The van der Waals surface area contributed by atoms with Gasteiger partial charge in [-0.25, -0.2) is 19.0 Å². The molecular formula is C23H21FN4O. The predicted molar refractivity (Wildman–Crippen MR) is 109 cm³/mol. The first-order valence-electron chi connectivity index (χ1n) is 9.30. The Balaban J connectivity index is 1.53. The zero-order valence-corrected chi connectivity index (χ0v) is 16.5. The molecule has 2 aromatic carbocycles. The average molecular weight is 388 g/mol. The van der Waals surface area contributed by atoms with E-state index in [1.54, 1.807) is 6.07 Å². The molecule has 0 aliphatic heterocycles. The van der Waals surface area contributed by atoms with Gasteiger partial charge in [0.15, 0.2) is 11.6 Å². The molecule has 2 aromatic heterocycles. The molecule has 4 aromatic rings. The lowest BCUT2D eigenvalue weighted by Crippen LogP contribution is -2.18. The molecule has 0 saturated carbocycles. The van der Waals surface area contributed by atoms with E-state index in [9.17, 15) is 4.39 Å². The minimum Gasteiger partial charge on any atom is -0.439 e. The Morgan fingerprint density at radius 3 is 2.21 bits per heavy atom. The van der Waals surface area contributed by atoms with Crippen molar-refractivity contribution in [2.45, 2.75) is 26.2 Å². The second-order valence-corrected chi connectivity index (χ2v) is 7.44. The molecule has 2 heterocycles. The Labute approximate surface area is 168 Å². The molecule has 146 valence electrons. The van der Waals surface area contributed by atoms with Crippen LogP contribution in [0.4, 0.5) is 4.39 Å². The van der Waals surface area contributed by atoms with E-state index in [1.807, 2.05) is 12.1 Å². The number of halogens is 1. The summed E-state index contributed by atoms with van der Waals surface area (Å²) in [7, 11) is 0. The Hall–Kier alpha value is -3.54. The molecule has 0 aliphatic rings. The number of aryl methyl sites for hydroxylation is 1. The maximum absolute atomic E-state index is 13.2. The third-order valence-corrected chi connectivity index (χ3v) is 4.99. The van der Waals surface area contributed by atoms with E-state index in [4.69, 9.17) is 4.74 Å². The number of ether oxygens (including phenoxy) is 1. The molecular weight excluding hydrogens is 367 g/mol. The van der Waals surface area contributed by atoms with Gasteiger partial charge < -0.3 is 4.74 Å². The van der Waals surface area contributed by atoms with Crippen molar-refractivity contribution >= 4 is 0 Å². The third kappa shape index (κ3) is 4.01. The Bertz CT molecular complexity index is 1120. The predicted octanol–water partition coefficient (Wildman–Crippen LogP) is 5.23. The summed E-state index contributed by atoms with van der Waals surface area (Å²) in [4.78, 5) is 8.22. The van der Waals surface area contributed by atoms with Gasteiger partial charge in [-0.1, -0.05) is 55.8 Å². The van der Waals surface area contributed by atoms with Gasteiger partial charge in [0.05, 0.1) is 12.4 Å². The molecule has 0 aliphatic carbocycles. The SMILES string of the molecule is Cc1ccc(C(C)(C)c2ccc(Oc3cc(-n4cc(F)cn4)ncn3)cc2)cc1. The molecule has 29 heavy (non-hydrogen) atoms. The summed E-state index contributed by atoms with van der Waals surface area (Å²) >= 11 is 0. The van der Waals surface area contributed by atoms with Crippen LogP contribution in [0.25, 0.3) is 5.82 Å². The van der Waals surface area contributed by atoms with Crippen molar-refractivity contribution in [3.05, 3.63) is 95.8 Å². The zero-order valence-electron chi connectivity index (χ0n) is 16.5. The van der Waals surface area contributed by atoms with E-state index < -0.39 is 5.82 Å². The van der Waals surface area contributed by atoms with Gasteiger partial charge >= 0.3 is 0 Å². The Kier molecular flexibility index (Phi) is 4.84. The van der Waals surface area contributed by atoms with E-state index in [1.165, 1.54) is 33.9 Å². The molecule has 0 saturated heterocycles. The van der Waals surface area contributed by atoms with E-state index in [2.05, 4.69) is 72.2 Å². The van der Waals surface area contributed by atoms with E-state index in [0.717, 1.165) is 6.20 Å². The fourth-order valence-electron chi connectivity index (χ4n) is 3.13. The number of aromatic nitrogens is 4. The van der Waals surface area contributed by atoms with Crippen LogP contribution < -0.4 is 4.74 Å². The second kappa shape index (κ2) is 7.47. The third-order valence-electron chi connectivity index (χ3n) is 4.99. The number of hydrogen-bond donors (Lipinski definition) is 0. The standard InChI is InChI=1S/C23H21FN4O/c1-16-4-6-17(7-5-16)23(2,3)18-8-10-20(11-9-18)29-22-12-21(25-15-26-22)28-14-19(24)13-27-28/h4-15H,1-3H3. The molecule has 0 amide bonds. The van der Waals surface area contributed by atoms with Crippen LogP contribution in [0.3, 0.4) is 0 Å². The summed E-state index contributed by atoms with van der Waals surface area (Å²) in [6, 6.07) is 18.2. The summed E-state index contributed by atoms with van der Waals surface area (Å²) < 4.78 is 20.4. The van der Waals surface area contributed by atoms with E-state index in [0.29, 0.717) is 17.4 Å². The summed E-state index contributed by atoms with van der Waals surface area (Å²) in [6.45, 7) is 6.49. The van der Waals surface area contributed by atoms with Crippen LogP contribution in [0, 0.1) is 12.7 Å². The molecule has 4 rings (SSSR count). The fraction of sp³-hybridized carbons (Fsp3) is 0.174. The van der Waals surface area contributed by atoms with Crippen molar-refractivity contribution in [1.82, 2.24) is 19.7 Å². The number of nitrogens with zero attached hydrogens (tertiary/aromatic N) is 4. The summed E-state index contributed by atoms with van der Waals surface area (Å²) in [6.07, 6.45) is 3.73. The van der Waals surface area contributed by atoms with Crippen molar-refractivity contribution < 1.29 is 9.13 Å². The van der Waals surface area contributed by atoms with Gasteiger partial charge in [0.25, 0.3) is 0 Å². The highest BCUT2D eigenvalue weighted by Crippen LogP contribution is 2.33. The molecule has 0 bridgehead atoms. The van der Waals surface area contributed by atoms with Crippen LogP contribution >= 0.6 is 0 Å². The van der Waals surface area contributed by atoms with Gasteiger partial charge in [0.2, 0.25) is 5.88 Å². The van der Waals surface area contributed by atoms with Crippen LogP contribution in [-0.4, -0.2) is 19.7 Å². The molecule has 0 unspecified atom stereocenters. The maximum Gasteiger partial charge on any atom is 0.224 e. The van der Waals surface area contributed by atoms with Gasteiger partial charge in [0, 0.05) is 11.5 Å². The first-order valence-corrected chi connectivity index (χ1v) is 9.30. The van der Waals surface area contributed by atoms with Gasteiger partial charge in [-0.15, -0.1) is 0 Å². The van der Waals surface area contributed by atoms with Gasteiger partial charge in [-0.2, -0.15) is 5.10 Å². The minimum absolute atomic E-state index is 0.127. The van der Waals surface area contributed by atoms with Gasteiger partial charge in [0.1, 0.15) is 12.1 Å². The summed E-state index contributed by atoms with van der Waals surface area (Å²) in [5, 5.41) is 3.90. The number of rotatable bonds is 5. The normalized spacial score (nSPS) is 11.4. The monoisotopic (exact) mass is 388 g/mol. The second-order valence-electron chi connectivity index (χ2n) is 7.44. The summed E-state index contributed by atoms with van der Waals surface area (Å²) in [5.74, 6) is 1.01. The topological polar surface area (TPSA) is 52.8 Å². The van der Waals surface area contributed by atoms with E-state index in [-0.39, 0.29) is 5.41 Å². The van der Waals surface area contributed by atoms with Crippen molar-refractivity contribution in [3.8, 4) is 17.4 Å². The Morgan fingerprint density at radius 2 is 1.59 bits per heavy atom. The maximum atomic E-state index is 13.2. The highest BCUT2D eigenvalue weighted by Gasteiger charge is 2.23. The van der Waals surface area contributed by atoms with Crippen molar-refractivity contribution in [2.75, 3.05) is 0 Å². The fourth-order valence-corrected chi connectivity index (χ4v) is 3.13. The molecule has 0 atom stereocenters. The van der Waals surface area contributed by atoms with Gasteiger partial charge in [-0.05, 0) is 30.2 Å². The van der Waals surface area contributed by atoms with Crippen LogP contribution in [0.2, 0.25) is 0 Å². The lowest BCUT2D eigenvalue weighted by Gasteiger charge is -2.26. The highest BCUT2D eigenvalue weighted by molar-refractivity contribution is 5.41.